The van der Waals surface area contributed by atoms with Gasteiger partial charge in [-0.2, -0.15) is 0 Å². The fourth-order valence-electron chi connectivity index (χ4n) is 5.11. The molecule has 2 unspecified atom stereocenters. The summed E-state index contributed by atoms with van der Waals surface area (Å²) in [5, 5.41) is 22.0. The normalized spacial score (nSPS) is 15.3. The third kappa shape index (κ3) is 5.99. The quantitative estimate of drug-likeness (QED) is 0.406. The Kier molecular flexibility index (Phi) is 8.94. The highest BCUT2D eigenvalue weighted by Crippen LogP contribution is 2.46. The van der Waals surface area contributed by atoms with E-state index >= 15 is 0 Å². The Bertz CT molecular complexity index is 894. The number of hydrogen-bond donors (Lipinski definition) is 2. The minimum Gasteiger partial charge on any atom is -0.508 e. The first-order valence-corrected chi connectivity index (χ1v) is 13.4. The number of aromatic hydroxyl groups is 2. The molecule has 0 saturated carbocycles. The Hall–Kier alpha value is -1.96. The van der Waals surface area contributed by atoms with Crippen LogP contribution < -0.4 is 0 Å². The van der Waals surface area contributed by atoms with E-state index in [1.54, 1.807) is 0 Å². The van der Waals surface area contributed by atoms with E-state index < -0.39 is 0 Å². The van der Waals surface area contributed by atoms with Crippen LogP contribution in [0.2, 0.25) is 0 Å². The van der Waals surface area contributed by atoms with Crippen molar-refractivity contribution in [3.63, 3.8) is 0 Å². The van der Waals surface area contributed by atoms with Crippen molar-refractivity contribution >= 4 is 0 Å². The molecule has 0 bridgehead atoms. The summed E-state index contributed by atoms with van der Waals surface area (Å²) < 4.78 is 0. The van der Waals surface area contributed by atoms with Gasteiger partial charge in [-0.05, 0) is 87.4 Å². The van der Waals surface area contributed by atoms with Crippen LogP contribution >= 0.6 is 0 Å². The van der Waals surface area contributed by atoms with E-state index in [1.807, 2.05) is 12.1 Å². The van der Waals surface area contributed by atoms with Gasteiger partial charge in [0.2, 0.25) is 0 Å². The predicted octanol–water partition coefficient (Wildman–Crippen LogP) is 9.65. The number of phenolic OH excluding ortho intramolecular Hbond substituents is 2. The molecule has 0 aromatic heterocycles. The van der Waals surface area contributed by atoms with Crippen molar-refractivity contribution < 1.29 is 10.2 Å². The van der Waals surface area contributed by atoms with E-state index in [2.05, 4.69) is 88.3 Å². The molecule has 2 aromatic rings. The molecule has 0 fully saturated rings. The first-order valence-electron chi connectivity index (χ1n) is 13.4. The molecule has 0 spiro atoms. The Morgan fingerprint density at radius 3 is 1.24 bits per heavy atom. The zero-order valence-electron chi connectivity index (χ0n) is 23.8. The van der Waals surface area contributed by atoms with Crippen LogP contribution in [0, 0.1) is 0 Å². The molecule has 2 aromatic carbocycles. The molecule has 34 heavy (non-hydrogen) atoms. The Labute approximate surface area is 209 Å². The van der Waals surface area contributed by atoms with Gasteiger partial charge in [0.05, 0.1) is 0 Å². The fraction of sp³-hybridized carbons (Fsp3) is 0.625. The van der Waals surface area contributed by atoms with Gasteiger partial charge in [0.1, 0.15) is 11.5 Å². The lowest BCUT2D eigenvalue weighted by atomic mass is 9.73. The minimum atomic E-state index is -0.144. The van der Waals surface area contributed by atoms with Gasteiger partial charge in [0, 0.05) is 5.92 Å². The molecule has 0 heterocycles. The second-order valence-corrected chi connectivity index (χ2v) is 12.5. The fourth-order valence-corrected chi connectivity index (χ4v) is 5.11. The lowest BCUT2D eigenvalue weighted by Gasteiger charge is -2.32. The summed E-state index contributed by atoms with van der Waals surface area (Å²) in [7, 11) is 0. The number of phenols is 2. The highest BCUT2D eigenvalue weighted by Gasteiger charge is 2.30. The van der Waals surface area contributed by atoms with Crippen molar-refractivity contribution in [2.45, 2.75) is 130 Å². The molecule has 190 valence electrons. The van der Waals surface area contributed by atoms with Crippen LogP contribution in [0.4, 0.5) is 0 Å². The molecule has 2 heteroatoms. The molecule has 0 aliphatic rings. The summed E-state index contributed by atoms with van der Waals surface area (Å²) in [5.74, 6) is 1.76. The van der Waals surface area contributed by atoms with Crippen LogP contribution in [0.25, 0.3) is 0 Å². The highest BCUT2D eigenvalue weighted by molar-refractivity contribution is 5.54. The van der Waals surface area contributed by atoms with E-state index in [-0.39, 0.29) is 16.7 Å². The third-order valence-corrected chi connectivity index (χ3v) is 7.63. The lowest BCUT2D eigenvalue weighted by Crippen LogP contribution is -2.18. The summed E-state index contributed by atoms with van der Waals surface area (Å²) in [6.07, 6.45) is 4.17. The monoisotopic (exact) mass is 466 g/mol. The smallest absolute Gasteiger partial charge is 0.119 e. The van der Waals surface area contributed by atoms with Crippen molar-refractivity contribution in [1.82, 2.24) is 0 Å². The molecule has 0 aliphatic heterocycles. The van der Waals surface area contributed by atoms with Gasteiger partial charge < -0.3 is 10.2 Å². The second kappa shape index (κ2) is 10.8. The molecule has 0 aliphatic carbocycles. The Balaban J connectivity index is 2.97. The van der Waals surface area contributed by atoms with Gasteiger partial charge in [-0.25, -0.2) is 0 Å². The number of rotatable bonds is 8. The number of benzene rings is 2. The van der Waals surface area contributed by atoms with Crippen LogP contribution in [0.3, 0.4) is 0 Å². The molecular weight excluding hydrogens is 416 g/mol. The highest BCUT2D eigenvalue weighted by atomic mass is 16.3. The van der Waals surface area contributed by atoms with Crippen LogP contribution in [0.5, 0.6) is 11.5 Å². The van der Waals surface area contributed by atoms with Gasteiger partial charge in [0.25, 0.3) is 0 Å². The molecule has 0 radical (unpaired) electrons. The summed E-state index contributed by atoms with van der Waals surface area (Å²) in [6.45, 7) is 24.3. The maximum Gasteiger partial charge on any atom is 0.119 e. The largest absolute Gasteiger partial charge is 0.508 e. The van der Waals surface area contributed by atoms with Crippen molar-refractivity contribution in [3.05, 3.63) is 57.6 Å². The van der Waals surface area contributed by atoms with Crippen LogP contribution in [0.15, 0.2) is 24.3 Å². The summed E-state index contributed by atoms with van der Waals surface area (Å²) >= 11 is 0. The topological polar surface area (TPSA) is 40.5 Å². The molecule has 2 rings (SSSR count). The maximum atomic E-state index is 11.0. The average Bonchev–Trinajstić information content (AvgIpc) is 2.74. The predicted molar refractivity (Wildman–Crippen MR) is 148 cm³/mol. The lowest BCUT2D eigenvalue weighted by molar-refractivity contribution is 0.443. The third-order valence-electron chi connectivity index (χ3n) is 7.63. The van der Waals surface area contributed by atoms with E-state index in [0.717, 1.165) is 36.8 Å². The van der Waals surface area contributed by atoms with E-state index in [4.69, 9.17) is 0 Å². The Morgan fingerprint density at radius 2 is 0.971 bits per heavy atom. The van der Waals surface area contributed by atoms with Gasteiger partial charge in [-0.1, -0.05) is 94.7 Å². The van der Waals surface area contributed by atoms with Crippen molar-refractivity contribution in [2.75, 3.05) is 0 Å². The van der Waals surface area contributed by atoms with Crippen molar-refractivity contribution in [1.29, 1.82) is 0 Å². The zero-order valence-corrected chi connectivity index (χ0v) is 23.8. The van der Waals surface area contributed by atoms with Gasteiger partial charge in [-0.15, -0.1) is 0 Å². The molecule has 0 saturated heterocycles. The minimum absolute atomic E-state index is 0.144. The van der Waals surface area contributed by atoms with E-state index in [0.29, 0.717) is 23.3 Å². The summed E-state index contributed by atoms with van der Waals surface area (Å²) in [5.41, 5.74) is 6.93. The first kappa shape index (κ1) is 28.3. The molecule has 2 atom stereocenters. The molecular formula is C32H50O2. The van der Waals surface area contributed by atoms with E-state index in [1.165, 1.54) is 22.3 Å². The van der Waals surface area contributed by atoms with Gasteiger partial charge in [0.15, 0.2) is 0 Å². The zero-order chi connectivity index (χ0) is 26.0. The van der Waals surface area contributed by atoms with Crippen LogP contribution in [0.1, 0.15) is 153 Å². The second-order valence-electron chi connectivity index (χ2n) is 12.5. The molecule has 0 amide bonds. The Morgan fingerprint density at radius 1 is 0.618 bits per heavy atom. The molecule has 2 nitrogen and oxygen atoms in total. The number of hydrogen-bond acceptors (Lipinski definition) is 2. The summed E-state index contributed by atoms with van der Waals surface area (Å²) in [6, 6.07) is 8.67. The standard InChI is InChI=1S/C32H50O2/c1-12-15-22(25-16-27(31(6,7)8)29(33)18-23(25)20(4)13-2)26-17-28(32(9,10)11)30(34)19-24(26)21(5)14-3/h16-22,33-34H,12-15H2,1-11H3. The van der Waals surface area contributed by atoms with Crippen molar-refractivity contribution in [3.8, 4) is 11.5 Å². The van der Waals surface area contributed by atoms with Gasteiger partial charge >= 0.3 is 0 Å². The summed E-state index contributed by atoms with van der Waals surface area (Å²) in [4.78, 5) is 0. The van der Waals surface area contributed by atoms with Crippen molar-refractivity contribution in [2.24, 2.45) is 0 Å². The van der Waals surface area contributed by atoms with Gasteiger partial charge in [-0.3, -0.25) is 0 Å². The van der Waals surface area contributed by atoms with Crippen LogP contribution in [-0.4, -0.2) is 10.2 Å². The SMILES string of the molecule is CCCC(c1cc(C(C)(C)C)c(O)cc1C(C)CC)c1cc(C(C)(C)C)c(O)cc1C(C)CC. The average molecular weight is 467 g/mol. The van der Waals surface area contributed by atoms with Crippen LogP contribution in [-0.2, 0) is 10.8 Å². The first-order chi connectivity index (χ1) is 15.7. The molecule has 2 N–H and O–H groups in total. The van der Waals surface area contributed by atoms with E-state index in [9.17, 15) is 10.2 Å². The maximum absolute atomic E-state index is 11.0.